The Morgan fingerprint density at radius 3 is 2.38 bits per heavy atom. The lowest BCUT2D eigenvalue weighted by Gasteiger charge is -2.37. The number of hydrogen-bond acceptors (Lipinski definition) is 4. The van der Waals surface area contributed by atoms with Gasteiger partial charge in [0.2, 0.25) is 0 Å². The lowest BCUT2D eigenvalue weighted by molar-refractivity contribution is 0.372. The molecule has 0 aliphatic carbocycles. The maximum Gasteiger partial charge on any atom is 0.193 e. The molecule has 1 aromatic rings. The molecule has 8 heteroatoms. The smallest absolute Gasteiger partial charge is 0.193 e. The SMILES string of the molecule is CN=C(NCCCS(C)(=O)=O)N1CCN(c2ccc(F)cc2)CC1. The van der Waals surface area contributed by atoms with Crippen LogP contribution in [0.1, 0.15) is 6.42 Å². The summed E-state index contributed by atoms with van der Waals surface area (Å²) in [6.45, 7) is 3.86. The van der Waals surface area contributed by atoms with Crippen molar-refractivity contribution >= 4 is 21.5 Å². The number of benzene rings is 1. The Balaban J connectivity index is 1.80. The van der Waals surface area contributed by atoms with Gasteiger partial charge in [-0.15, -0.1) is 0 Å². The van der Waals surface area contributed by atoms with E-state index in [1.165, 1.54) is 18.4 Å². The Bertz CT molecular complexity index is 653. The van der Waals surface area contributed by atoms with E-state index in [9.17, 15) is 12.8 Å². The normalized spacial score (nSPS) is 16.4. The second-order valence-electron chi connectivity index (χ2n) is 5.91. The zero-order chi connectivity index (χ0) is 17.6. The average molecular weight is 356 g/mol. The first-order chi connectivity index (χ1) is 11.4. The highest BCUT2D eigenvalue weighted by molar-refractivity contribution is 7.90. The molecule has 1 saturated heterocycles. The predicted octanol–water partition coefficient (Wildman–Crippen LogP) is 0.958. The van der Waals surface area contributed by atoms with Gasteiger partial charge in [0.15, 0.2) is 5.96 Å². The Morgan fingerprint density at radius 1 is 1.21 bits per heavy atom. The number of nitrogens with zero attached hydrogens (tertiary/aromatic N) is 3. The van der Waals surface area contributed by atoms with Crippen LogP contribution in [0.4, 0.5) is 10.1 Å². The molecule has 0 unspecified atom stereocenters. The van der Waals surface area contributed by atoms with Crippen LogP contribution < -0.4 is 10.2 Å². The number of anilines is 1. The van der Waals surface area contributed by atoms with Gasteiger partial charge in [0.25, 0.3) is 0 Å². The molecule has 0 bridgehead atoms. The first kappa shape index (κ1) is 18.5. The van der Waals surface area contributed by atoms with Gasteiger partial charge in [-0.3, -0.25) is 4.99 Å². The van der Waals surface area contributed by atoms with Crippen molar-refractivity contribution in [3.8, 4) is 0 Å². The first-order valence-electron chi connectivity index (χ1n) is 8.03. The van der Waals surface area contributed by atoms with Gasteiger partial charge in [0, 0.05) is 51.7 Å². The summed E-state index contributed by atoms with van der Waals surface area (Å²) < 4.78 is 35.3. The maximum atomic E-state index is 13.0. The van der Waals surface area contributed by atoms with E-state index < -0.39 is 9.84 Å². The van der Waals surface area contributed by atoms with Gasteiger partial charge >= 0.3 is 0 Å². The third-order valence-electron chi connectivity index (χ3n) is 3.96. The molecule has 1 N–H and O–H groups in total. The lowest BCUT2D eigenvalue weighted by atomic mass is 10.2. The van der Waals surface area contributed by atoms with Crippen LogP contribution in [0.3, 0.4) is 0 Å². The molecule has 1 heterocycles. The fourth-order valence-electron chi connectivity index (χ4n) is 2.70. The molecule has 0 saturated carbocycles. The second-order valence-corrected chi connectivity index (χ2v) is 8.17. The molecule has 2 rings (SSSR count). The topological polar surface area (TPSA) is 65.0 Å². The lowest BCUT2D eigenvalue weighted by Crippen LogP contribution is -2.52. The van der Waals surface area contributed by atoms with Crippen LogP contribution in [0.25, 0.3) is 0 Å². The zero-order valence-corrected chi connectivity index (χ0v) is 15.0. The van der Waals surface area contributed by atoms with E-state index in [0.29, 0.717) is 13.0 Å². The van der Waals surface area contributed by atoms with Gasteiger partial charge in [-0.05, 0) is 30.7 Å². The first-order valence-corrected chi connectivity index (χ1v) is 10.1. The van der Waals surface area contributed by atoms with Crippen molar-refractivity contribution in [2.75, 3.05) is 56.7 Å². The highest BCUT2D eigenvalue weighted by atomic mass is 32.2. The van der Waals surface area contributed by atoms with E-state index in [4.69, 9.17) is 0 Å². The summed E-state index contributed by atoms with van der Waals surface area (Å²) in [6.07, 6.45) is 1.81. The largest absolute Gasteiger partial charge is 0.368 e. The highest BCUT2D eigenvalue weighted by Crippen LogP contribution is 2.16. The number of guanidine groups is 1. The molecule has 1 fully saturated rings. The van der Waals surface area contributed by atoms with E-state index in [1.807, 2.05) is 0 Å². The molecule has 6 nitrogen and oxygen atoms in total. The minimum Gasteiger partial charge on any atom is -0.368 e. The highest BCUT2D eigenvalue weighted by Gasteiger charge is 2.19. The molecule has 134 valence electrons. The minimum atomic E-state index is -2.92. The molecule has 0 radical (unpaired) electrons. The standard InChI is InChI=1S/C16H25FN4O2S/c1-18-16(19-8-3-13-24(2,22)23)21-11-9-20(10-12-21)15-6-4-14(17)5-7-15/h4-7H,3,8-13H2,1-2H3,(H,18,19). The molecular weight excluding hydrogens is 331 g/mol. The molecule has 0 aromatic heterocycles. The quantitative estimate of drug-likeness (QED) is 0.484. The van der Waals surface area contributed by atoms with Crippen LogP contribution >= 0.6 is 0 Å². The van der Waals surface area contributed by atoms with Crippen LogP contribution in [0, 0.1) is 5.82 Å². The van der Waals surface area contributed by atoms with Gasteiger partial charge in [-0.25, -0.2) is 12.8 Å². The fraction of sp³-hybridized carbons (Fsp3) is 0.562. The zero-order valence-electron chi connectivity index (χ0n) is 14.2. The molecule has 0 spiro atoms. The van der Waals surface area contributed by atoms with E-state index in [0.717, 1.165) is 37.8 Å². The number of hydrogen-bond donors (Lipinski definition) is 1. The number of nitrogens with one attached hydrogen (secondary N) is 1. The number of aliphatic imine (C=N–C) groups is 1. The third kappa shape index (κ3) is 5.67. The van der Waals surface area contributed by atoms with Gasteiger partial charge < -0.3 is 15.1 Å². The van der Waals surface area contributed by atoms with Gasteiger partial charge in [-0.1, -0.05) is 0 Å². The van der Waals surface area contributed by atoms with Crippen LogP contribution in [0.15, 0.2) is 29.3 Å². The van der Waals surface area contributed by atoms with E-state index in [1.54, 1.807) is 19.2 Å². The van der Waals surface area contributed by atoms with E-state index in [-0.39, 0.29) is 11.6 Å². The summed E-state index contributed by atoms with van der Waals surface area (Å²) in [5.41, 5.74) is 1.02. The van der Waals surface area contributed by atoms with Crippen molar-refractivity contribution in [3.63, 3.8) is 0 Å². The summed E-state index contributed by atoms with van der Waals surface area (Å²) in [6, 6.07) is 6.54. The maximum absolute atomic E-state index is 13.0. The van der Waals surface area contributed by atoms with Gasteiger partial charge in [-0.2, -0.15) is 0 Å². The second kappa shape index (κ2) is 8.32. The monoisotopic (exact) mass is 356 g/mol. The van der Waals surface area contributed by atoms with Crippen LogP contribution in [-0.2, 0) is 9.84 Å². The number of piperazine rings is 1. The Morgan fingerprint density at radius 2 is 1.83 bits per heavy atom. The average Bonchev–Trinajstić information content (AvgIpc) is 2.55. The van der Waals surface area contributed by atoms with E-state index in [2.05, 4.69) is 20.1 Å². The van der Waals surface area contributed by atoms with Crippen molar-refractivity contribution < 1.29 is 12.8 Å². The van der Waals surface area contributed by atoms with Crippen molar-refractivity contribution in [2.24, 2.45) is 4.99 Å². The number of halogens is 1. The molecule has 0 amide bonds. The van der Waals surface area contributed by atoms with Crippen molar-refractivity contribution in [2.45, 2.75) is 6.42 Å². The summed E-state index contributed by atoms with van der Waals surface area (Å²) in [5, 5.41) is 3.22. The minimum absolute atomic E-state index is 0.176. The summed E-state index contributed by atoms with van der Waals surface area (Å²) in [5.74, 6) is 0.744. The Labute approximate surface area is 143 Å². The predicted molar refractivity (Wildman–Crippen MR) is 95.9 cm³/mol. The van der Waals surface area contributed by atoms with Crippen molar-refractivity contribution in [1.29, 1.82) is 0 Å². The van der Waals surface area contributed by atoms with Crippen molar-refractivity contribution in [1.82, 2.24) is 10.2 Å². The van der Waals surface area contributed by atoms with Crippen LogP contribution in [-0.4, -0.2) is 71.1 Å². The summed E-state index contributed by atoms with van der Waals surface area (Å²) >= 11 is 0. The van der Waals surface area contributed by atoms with Gasteiger partial charge in [0.1, 0.15) is 15.7 Å². The van der Waals surface area contributed by atoms with Crippen LogP contribution in [0.2, 0.25) is 0 Å². The summed E-state index contributed by atoms with van der Waals surface area (Å²) in [7, 11) is -1.19. The summed E-state index contributed by atoms with van der Waals surface area (Å²) in [4.78, 5) is 8.64. The number of sulfone groups is 1. The Hall–Kier alpha value is -1.83. The molecule has 1 aromatic carbocycles. The van der Waals surface area contributed by atoms with Gasteiger partial charge in [0.05, 0.1) is 5.75 Å². The van der Waals surface area contributed by atoms with Crippen LogP contribution in [0.5, 0.6) is 0 Å². The van der Waals surface area contributed by atoms with Crippen molar-refractivity contribution in [3.05, 3.63) is 30.1 Å². The molecule has 24 heavy (non-hydrogen) atoms. The third-order valence-corrected chi connectivity index (χ3v) is 4.99. The fourth-order valence-corrected chi connectivity index (χ4v) is 3.36. The molecule has 0 atom stereocenters. The molecule has 1 aliphatic heterocycles. The van der Waals surface area contributed by atoms with E-state index >= 15 is 0 Å². The molecular formula is C16H25FN4O2S. The number of rotatable bonds is 5. The Kier molecular flexibility index (Phi) is 6.42. The molecule has 1 aliphatic rings.